The van der Waals surface area contributed by atoms with Crippen LogP contribution in [0.2, 0.25) is 0 Å². The van der Waals surface area contributed by atoms with Crippen LogP contribution >= 0.6 is 11.5 Å². The SMILES string of the molecule is CCC1CCCC(Nc2cnns2)CC1. The fourth-order valence-electron chi connectivity index (χ4n) is 2.36. The number of rotatable bonds is 3. The van der Waals surface area contributed by atoms with E-state index in [4.69, 9.17) is 0 Å². The molecule has 1 aliphatic carbocycles. The first-order valence-corrected chi connectivity index (χ1v) is 6.69. The van der Waals surface area contributed by atoms with Crippen LogP contribution < -0.4 is 5.32 Å². The van der Waals surface area contributed by atoms with E-state index in [9.17, 15) is 0 Å². The second-order valence-electron chi connectivity index (χ2n) is 4.41. The van der Waals surface area contributed by atoms with E-state index in [1.807, 2.05) is 6.20 Å². The second-order valence-corrected chi connectivity index (χ2v) is 5.19. The van der Waals surface area contributed by atoms with Crippen LogP contribution in [-0.2, 0) is 0 Å². The Hall–Kier alpha value is -0.640. The van der Waals surface area contributed by atoms with Crippen molar-refractivity contribution >= 4 is 16.5 Å². The van der Waals surface area contributed by atoms with Crippen molar-refractivity contribution in [2.75, 3.05) is 5.32 Å². The lowest BCUT2D eigenvalue weighted by molar-refractivity contribution is 0.445. The van der Waals surface area contributed by atoms with E-state index in [0.717, 1.165) is 10.9 Å². The maximum Gasteiger partial charge on any atom is 0.130 e. The van der Waals surface area contributed by atoms with Gasteiger partial charge in [0.1, 0.15) is 5.00 Å². The molecule has 84 valence electrons. The number of hydrogen-bond acceptors (Lipinski definition) is 4. The summed E-state index contributed by atoms with van der Waals surface area (Å²) in [5.74, 6) is 0.955. The summed E-state index contributed by atoms with van der Waals surface area (Å²) in [7, 11) is 0. The molecule has 1 N–H and O–H groups in total. The van der Waals surface area contributed by atoms with Gasteiger partial charge in [-0.1, -0.05) is 30.7 Å². The molecule has 2 unspecified atom stereocenters. The number of anilines is 1. The molecule has 3 nitrogen and oxygen atoms in total. The number of hydrogen-bond donors (Lipinski definition) is 1. The lowest BCUT2D eigenvalue weighted by Crippen LogP contribution is -2.17. The molecule has 1 saturated carbocycles. The molecule has 1 fully saturated rings. The van der Waals surface area contributed by atoms with Crippen molar-refractivity contribution in [2.45, 2.75) is 51.5 Å². The Morgan fingerprint density at radius 3 is 3.07 bits per heavy atom. The Balaban J connectivity index is 1.83. The highest BCUT2D eigenvalue weighted by atomic mass is 32.1. The van der Waals surface area contributed by atoms with Crippen LogP contribution in [0, 0.1) is 5.92 Å². The molecule has 2 atom stereocenters. The molecule has 0 amide bonds. The normalized spacial score (nSPS) is 27.3. The van der Waals surface area contributed by atoms with Crippen LogP contribution in [0.3, 0.4) is 0 Å². The lowest BCUT2D eigenvalue weighted by Gasteiger charge is -2.15. The molecule has 1 heterocycles. The van der Waals surface area contributed by atoms with Crippen molar-refractivity contribution < 1.29 is 0 Å². The van der Waals surface area contributed by atoms with Gasteiger partial charge in [0, 0.05) is 17.6 Å². The van der Waals surface area contributed by atoms with Gasteiger partial charge in [0.2, 0.25) is 0 Å². The highest BCUT2D eigenvalue weighted by Gasteiger charge is 2.17. The van der Waals surface area contributed by atoms with Gasteiger partial charge in [0.15, 0.2) is 0 Å². The summed E-state index contributed by atoms with van der Waals surface area (Å²) in [6.45, 7) is 2.31. The van der Waals surface area contributed by atoms with Gasteiger partial charge < -0.3 is 5.32 Å². The maximum atomic E-state index is 3.87. The zero-order valence-electron chi connectivity index (χ0n) is 9.28. The summed E-state index contributed by atoms with van der Waals surface area (Å²) in [6, 6.07) is 0.642. The molecule has 0 aromatic carbocycles. The van der Waals surface area contributed by atoms with Crippen molar-refractivity contribution in [3.8, 4) is 0 Å². The Morgan fingerprint density at radius 2 is 2.33 bits per heavy atom. The van der Waals surface area contributed by atoms with Crippen LogP contribution in [0.5, 0.6) is 0 Å². The Morgan fingerprint density at radius 1 is 1.40 bits per heavy atom. The highest BCUT2D eigenvalue weighted by molar-refractivity contribution is 7.09. The molecule has 1 aliphatic rings. The Bertz CT molecular complexity index is 273. The van der Waals surface area contributed by atoms with Gasteiger partial charge >= 0.3 is 0 Å². The van der Waals surface area contributed by atoms with Crippen molar-refractivity contribution in [3.05, 3.63) is 6.20 Å². The summed E-state index contributed by atoms with van der Waals surface area (Å²) < 4.78 is 3.87. The third-order valence-electron chi connectivity index (χ3n) is 3.37. The molecule has 0 saturated heterocycles. The van der Waals surface area contributed by atoms with E-state index >= 15 is 0 Å². The van der Waals surface area contributed by atoms with E-state index < -0.39 is 0 Å². The van der Waals surface area contributed by atoms with Crippen molar-refractivity contribution in [3.63, 3.8) is 0 Å². The van der Waals surface area contributed by atoms with E-state index in [0.29, 0.717) is 6.04 Å². The van der Waals surface area contributed by atoms with E-state index in [1.54, 1.807) is 0 Å². The van der Waals surface area contributed by atoms with Crippen LogP contribution in [0.1, 0.15) is 45.4 Å². The zero-order chi connectivity index (χ0) is 10.5. The Kier molecular flexibility index (Phi) is 3.94. The van der Waals surface area contributed by atoms with Crippen LogP contribution in [-0.4, -0.2) is 15.6 Å². The first-order chi connectivity index (χ1) is 7.38. The van der Waals surface area contributed by atoms with E-state index in [2.05, 4.69) is 21.8 Å². The number of aromatic nitrogens is 2. The molecule has 0 radical (unpaired) electrons. The molecule has 0 spiro atoms. The summed E-state index contributed by atoms with van der Waals surface area (Å²) in [5.41, 5.74) is 0. The largest absolute Gasteiger partial charge is 0.372 e. The minimum Gasteiger partial charge on any atom is -0.372 e. The molecule has 1 aromatic heterocycles. The standard InChI is InChI=1S/C11H19N3S/c1-2-9-4-3-5-10(7-6-9)13-11-8-12-14-15-11/h8-10,13H,2-7H2,1H3. The quantitative estimate of drug-likeness (QED) is 0.802. The third kappa shape index (κ3) is 3.16. The van der Waals surface area contributed by atoms with Crippen molar-refractivity contribution in [1.82, 2.24) is 9.59 Å². The number of nitrogens with one attached hydrogen (secondary N) is 1. The summed E-state index contributed by atoms with van der Waals surface area (Å²) in [5, 5.41) is 8.51. The third-order valence-corrected chi connectivity index (χ3v) is 3.97. The molecular weight excluding hydrogens is 206 g/mol. The fourth-order valence-corrected chi connectivity index (χ4v) is 2.86. The van der Waals surface area contributed by atoms with Gasteiger partial charge in [-0.15, -0.1) is 5.10 Å². The van der Waals surface area contributed by atoms with Crippen molar-refractivity contribution in [1.29, 1.82) is 0 Å². The molecular formula is C11H19N3S. The Labute approximate surface area is 95.4 Å². The fraction of sp³-hybridized carbons (Fsp3) is 0.818. The maximum absolute atomic E-state index is 3.87. The highest BCUT2D eigenvalue weighted by Crippen LogP contribution is 2.27. The van der Waals surface area contributed by atoms with Crippen LogP contribution in [0.15, 0.2) is 6.20 Å². The van der Waals surface area contributed by atoms with Gasteiger partial charge in [-0.25, -0.2) is 0 Å². The minimum absolute atomic E-state index is 0.642. The zero-order valence-corrected chi connectivity index (χ0v) is 10.1. The number of nitrogens with zero attached hydrogens (tertiary/aromatic N) is 2. The average molecular weight is 225 g/mol. The first-order valence-electron chi connectivity index (χ1n) is 5.92. The van der Waals surface area contributed by atoms with Gasteiger partial charge in [-0.3, -0.25) is 0 Å². The molecule has 0 aliphatic heterocycles. The van der Waals surface area contributed by atoms with Gasteiger partial charge in [0.05, 0.1) is 6.20 Å². The lowest BCUT2D eigenvalue weighted by atomic mass is 9.98. The summed E-state index contributed by atoms with van der Waals surface area (Å²) in [6.07, 6.45) is 9.92. The van der Waals surface area contributed by atoms with Crippen molar-refractivity contribution in [2.24, 2.45) is 5.92 Å². The topological polar surface area (TPSA) is 37.8 Å². The first kappa shape index (κ1) is 10.9. The molecule has 15 heavy (non-hydrogen) atoms. The molecule has 4 heteroatoms. The van der Waals surface area contributed by atoms with Gasteiger partial charge in [0.25, 0.3) is 0 Å². The minimum atomic E-state index is 0.642. The summed E-state index contributed by atoms with van der Waals surface area (Å²) >= 11 is 1.46. The van der Waals surface area contributed by atoms with Crippen LogP contribution in [0.4, 0.5) is 5.00 Å². The van der Waals surface area contributed by atoms with Crippen LogP contribution in [0.25, 0.3) is 0 Å². The van der Waals surface area contributed by atoms with E-state index in [-0.39, 0.29) is 0 Å². The predicted molar refractivity (Wildman–Crippen MR) is 64.2 cm³/mol. The molecule has 2 rings (SSSR count). The monoisotopic (exact) mass is 225 g/mol. The molecule has 1 aromatic rings. The second kappa shape index (κ2) is 5.45. The van der Waals surface area contributed by atoms with E-state index in [1.165, 1.54) is 50.1 Å². The predicted octanol–water partition coefficient (Wildman–Crippen LogP) is 3.31. The summed E-state index contributed by atoms with van der Waals surface area (Å²) in [4.78, 5) is 0. The molecule has 0 bridgehead atoms. The smallest absolute Gasteiger partial charge is 0.130 e. The average Bonchev–Trinajstić information content (AvgIpc) is 2.64. The van der Waals surface area contributed by atoms with Gasteiger partial charge in [-0.05, 0) is 25.2 Å². The van der Waals surface area contributed by atoms with Gasteiger partial charge in [-0.2, -0.15) is 0 Å².